The zero-order valence-corrected chi connectivity index (χ0v) is 22.5. The fourth-order valence-corrected chi connectivity index (χ4v) is 4.82. The number of aromatic hydroxyl groups is 1. The van der Waals surface area contributed by atoms with Crippen LogP contribution in [0.25, 0.3) is 0 Å². The van der Waals surface area contributed by atoms with Crippen LogP contribution in [0.4, 0.5) is 21.9 Å². The largest absolute Gasteiger partial charge is 0.508 e. The Balaban J connectivity index is 1.32. The topological polar surface area (TPSA) is 97.4 Å². The second-order valence-electron chi connectivity index (χ2n) is 9.56. The molecule has 1 heterocycles. The Bertz CT molecular complexity index is 1180. The minimum absolute atomic E-state index is 0.269. The smallest absolute Gasteiger partial charge is 0.340 e. The van der Waals surface area contributed by atoms with Crippen LogP contribution in [0, 0.1) is 0 Å². The van der Waals surface area contributed by atoms with Crippen molar-refractivity contribution in [3.63, 3.8) is 0 Å². The zero-order chi connectivity index (χ0) is 27.6. The Morgan fingerprint density at radius 3 is 2.05 bits per heavy atom. The van der Waals surface area contributed by atoms with Gasteiger partial charge in [-0.2, -0.15) is 0 Å². The maximum atomic E-state index is 13.2. The van der Waals surface area contributed by atoms with Crippen LogP contribution < -0.4 is 20.5 Å². The predicted molar refractivity (Wildman–Crippen MR) is 154 cm³/mol. The number of rotatable bonds is 11. The van der Waals surface area contributed by atoms with Gasteiger partial charge >= 0.3 is 6.03 Å². The van der Waals surface area contributed by atoms with Crippen LogP contribution in [-0.2, 0) is 16.1 Å². The summed E-state index contributed by atoms with van der Waals surface area (Å²) in [6.45, 7) is 7.75. The van der Waals surface area contributed by atoms with Gasteiger partial charge in [0.1, 0.15) is 5.75 Å². The molecule has 206 valence electrons. The summed E-state index contributed by atoms with van der Waals surface area (Å²) in [5.74, 6) is 0.269. The van der Waals surface area contributed by atoms with Crippen molar-refractivity contribution in [3.05, 3.63) is 84.4 Å². The number of urea groups is 1. The standard InChI is InChI=1S/C30H37N5O4/c1-3-29(23(2)39-21-24-7-5-4-6-8-24)35(31-22-36)30(38)32-25-9-11-26(12-10-25)33-17-19-34(20-18-33)27-13-15-28(37)16-14-27/h4-16,22-23,29,37H,3,17-21H2,1-2H3,(H,31,36)(H,32,38)/t23-,29+/m0/s1. The summed E-state index contributed by atoms with van der Waals surface area (Å²) >= 11 is 0. The van der Waals surface area contributed by atoms with Crippen LogP contribution in [0.15, 0.2) is 78.9 Å². The highest BCUT2D eigenvalue weighted by Crippen LogP contribution is 2.24. The number of hydrazine groups is 1. The minimum atomic E-state index is -0.431. The summed E-state index contributed by atoms with van der Waals surface area (Å²) in [5.41, 5.74) is 6.41. The molecule has 0 bridgehead atoms. The van der Waals surface area contributed by atoms with Gasteiger partial charge in [-0.1, -0.05) is 37.3 Å². The quantitative estimate of drug-likeness (QED) is 0.247. The number of ether oxygens (including phenoxy) is 1. The summed E-state index contributed by atoms with van der Waals surface area (Å²) in [5, 5.41) is 13.7. The number of benzene rings is 3. The van der Waals surface area contributed by atoms with E-state index >= 15 is 0 Å². The van der Waals surface area contributed by atoms with E-state index in [1.54, 1.807) is 12.1 Å². The number of anilines is 3. The summed E-state index contributed by atoms with van der Waals surface area (Å²) in [7, 11) is 0. The zero-order valence-electron chi connectivity index (χ0n) is 22.5. The van der Waals surface area contributed by atoms with E-state index in [-0.39, 0.29) is 17.9 Å². The number of nitrogens with zero attached hydrogens (tertiary/aromatic N) is 3. The third kappa shape index (κ3) is 7.42. The van der Waals surface area contributed by atoms with Crippen molar-refractivity contribution in [1.82, 2.24) is 10.4 Å². The van der Waals surface area contributed by atoms with Crippen molar-refractivity contribution in [2.45, 2.75) is 39.0 Å². The number of carbonyl (C=O) groups is 2. The average molecular weight is 532 g/mol. The molecule has 0 unspecified atom stereocenters. The molecule has 9 heteroatoms. The number of hydrogen-bond donors (Lipinski definition) is 3. The summed E-state index contributed by atoms with van der Waals surface area (Å²) in [4.78, 5) is 29.1. The molecule has 2 atom stereocenters. The molecule has 3 amide bonds. The minimum Gasteiger partial charge on any atom is -0.508 e. The molecule has 1 fully saturated rings. The van der Waals surface area contributed by atoms with Crippen molar-refractivity contribution in [2.24, 2.45) is 0 Å². The van der Waals surface area contributed by atoms with Gasteiger partial charge in [0.15, 0.2) is 0 Å². The van der Waals surface area contributed by atoms with Crippen molar-refractivity contribution in [3.8, 4) is 5.75 Å². The first-order chi connectivity index (χ1) is 19.0. The molecule has 0 radical (unpaired) electrons. The number of phenolic OH excluding ortho intramolecular Hbond substituents is 1. The number of amides is 3. The van der Waals surface area contributed by atoms with Gasteiger partial charge in [-0.3, -0.25) is 10.2 Å². The second-order valence-corrected chi connectivity index (χ2v) is 9.56. The molecule has 1 aliphatic rings. The molecular formula is C30H37N5O4. The SMILES string of the molecule is CC[C@H]([C@H](C)OCc1ccccc1)N(NC=O)C(=O)Nc1ccc(N2CCN(c3ccc(O)cc3)CC2)cc1. The molecule has 0 aromatic heterocycles. The summed E-state index contributed by atoms with van der Waals surface area (Å²) in [6, 6.07) is 24.1. The van der Waals surface area contributed by atoms with E-state index < -0.39 is 6.03 Å². The van der Waals surface area contributed by atoms with E-state index in [1.165, 1.54) is 5.01 Å². The lowest BCUT2D eigenvalue weighted by Gasteiger charge is -2.37. The van der Waals surface area contributed by atoms with Crippen LogP contribution in [0.2, 0.25) is 0 Å². The lowest BCUT2D eigenvalue weighted by Crippen LogP contribution is -2.55. The van der Waals surface area contributed by atoms with Gasteiger partial charge in [0.2, 0.25) is 6.41 Å². The van der Waals surface area contributed by atoms with Crippen molar-refractivity contribution < 1.29 is 19.4 Å². The highest BCUT2D eigenvalue weighted by molar-refractivity contribution is 5.90. The van der Waals surface area contributed by atoms with E-state index in [9.17, 15) is 14.7 Å². The Morgan fingerprint density at radius 1 is 0.949 bits per heavy atom. The van der Waals surface area contributed by atoms with Gasteiger partial charge < -0.3 is 25.0 Å². The van der Waals surface area contributed by atoms with E-state index in [0.29, 0.717) is 25.1 Å². The Labute approximate surface area is 229 Å². The van der Waals surface area contributed by atoms with E-state index in [2.05, 4.69) is 20.5 Å². The van der Waals surface area contributed by atoms with Crippen molar-refractivity contribution >= 4 is 29.5 Å². The normalized spacial score (nSPS) is 14.8. The molecule has 9 nitrogen and oxygen atoms in total. The van der Waals surface area contributed by atoms with Gasteiger partial charge in [0.25, 0.3) is 0 Å². The summed E-state index contributed by atoms with van der Waals surface area (Å²) < 4.78 is 6.03. The van der Waals surface area contributed by atoms with Crippen LogP contribution in [0.3, 0.4) is 0 Å². The first-order valence-electron chi connectivity index (χ1n) is 13.3. The third-order valence-corrected chi connectivity index (χ3v) is 7.04. The highest BCUT2D eigenvalue weighted by atomic mass is 16.5. The molecule has 4 rings (SSSR count). The fourth-order valence-electron chi connectivity index (χ4n) is 4.82. The number of hydrogen-bond acceptors (Lipinski definition) is 6. The van der Waals surface area contributed by atoms with Crippen LogP contribution in [0.5, 0.6) is 5.75 Å². The van der Waals surface area contributed by atoms with E-state index in [0.717, 1.165) is 43.1 Å². The first-order valence-corrected chi connectivity index (χ1v) is 13.3. The number of piperazine rings is 1. The fraction of sp³-hybridized carbons (Fsp3) is 0.333. The summed E-state index contributed by atoms with van der Waals surface area (Å²) in [6.07, 6.45) is 0.794. The average Bonchev–Trinajstić information content (AvgIpc) is 2.97. The van der Waals surface area contributed by atoms with Crippen LogP contribution in [-0.4, -0.2) is 60.9 Å². The molecule has 39 heavy (non-hydrogen) atoms. The van der Waals surface area contributed by atoms with Crippen LogP contribution in [0.1, 0.15) is 25.8 Å². The van der Waals surface area contributed by atoms with E-state index in [1.807, 2.05) is 80.6 Å². The third-order valence-electron chi connectivity index (χ3n) is 7.04. The molecule has 1 saturated heterocycles. The molecular weight excluding hydrogens is 494 g/mol. The van der Waals surface area contributed by atoms with Gasteiger partial charge in [-0.05, 0) is 67.4 Å². The molecule has 0 aliphatic carbocycles. The van der Waals surface area contributed by atoms with Gasteiger partial charge in [-0.25, -0.2) is 9.80 Å². The van der Waals surface area contributed by atoms with Gasteiger partial charge in [-0.15, -0.1) is 0 Å². The van der Waals surface area contributed by atoms with Crippen LogP contribution >= 0.6 is 0 Å². The molecule has 3 N–H and O–H groups in total. The Hall–Kier alpha value is -4.24. The van der Waals surface area contributed by atoms with Crippen molar-refractivity contribution in [1.29, 1.82) is 0 Å². The van der Waals surface area contributed by atoms with Gasteiger partial charge in [0, 0.05) is 43.2 Å². The maximum Gasteiger partial charge on any atom is 0.340 e. The highest BCUT2D eigenvalue weighted by Gasteiger charge is 2.28. The van der Waals surface area contributed by atoms with Gasteiger partial charge in [0.05, 0.1) is 18.8 Å². The Morgan fingerprint density at radius 2 is 1.51 bits per heavy atom. The predicted octanol–water partition coefficient (Wildman–Crippen LogP) is 4.60. The first kappa shape index (κ1) is 27.8. The lowest BCUT2D eigenvalue weighted by molar-refractivity contribution is -0.114. The monoisotopic (exact) mass is 531 g/mol. The molecule has 1 aliphatic heterocycles. The number of phenols is 1. The lowest BCUT2D eigenvalue weighted by atomic mass is 10.1. The molecule has 3 aromatic carbocycles. The van der Waals surface area contributed by atoms with Crippen molar-refractivity contribution in [2.75, 3.05) is 41.3 Å². The Kier molecular flexibility index (Phi) is 9.64. The number of nitrogens with one attached hydrogen (secondary N) is 2. The number of carbonyl (C=O) groups excluding carboxylic acids is 2. The van der Waals surface area contributed by atoms with E-state index in [4.69, 9.17) is 4.74 Å². The molecule has 0 saturated carbocycles. The molecule has 0 spiro atoms. The molecule has 3 aromatic rings. The second kappa shape index (κ2) is 13.5. The maximum absolute atomic E-state index is 13.2.